The highest BCUT2D eigenvalue weighted by Crippen LogP contribution is 2.00. The summed E-state index contributed by atoms with van der Waals surface area (Å²) in [4.78, 5) is 4.13. The molecule has 0 spiro atoms. The SMILES string of the molecule is CCCNCCCS(=O)(=O)NCc1ccc(C)nc1. The van der Waals surface area contributed by atoms with Crippen molar-refractivity contribution in [3.8, 4) is 0 Å². The van der Waals surface area contributed by atoms with Gasteiger partial charge < -0.3 is 5.32 Å². The maximum atomic E-state index is 11.7. The van der Waals surface area contributed by atoms with Crippen LogP contribution in [0.2, 0.25) is 0 Å². The van der Waals surface area contributed by atoms with Crippen molar-refractivity contribution in [1.82, 2.24) is 15.0 Å². The predicted octanol–water partition coefficient (Wildman–Crippen LogP) is 1.20. The first-order chi connectivity index (χ1) is 9.03. The average Bonchev–Trinajstić information content (AvgIpc) is 2.38. The van der Waals surface area contributed by atoms with E-state index < -0.39 is 10.0 Å². The number of aromatic nitrogens is 1. The third-order valence-electron chi connectivity index (χ3n) is 2.66. The fraction of sp³-hybridized carbons (Fsp3) is 0.615. The second kappa shape index (κ2) is 8.24. The Kier molecular flexibility index (Phi) is 6.97. The Hall–Kier alpha value is -0.980. The number of sulfonamides is 1. The summed E-state index contributed by atoms with van der Waals surface area (Å²) in [7, 11) is -3.19. The molecule has 1 aromatic rings. The number of nitrogens with zero attached hydrogens (tertiary/aromatic N) is 1. The largest absolute Gasteiger partial charge is 0.317 e. The van der Waals surface area contributed by atoms with Gasteiger partial charge in [-0.1, -0.05) is 13.0 Å². The molecule has 1 aromatic heterocycles. The lowest BCUT2D eigenvalue weighted by molar-refractivity contribution is 0.574. The molecule has 0 aliphatic rings. The first-order valence-electron chi connectivity index (χ1n) is 6.63. The van der Waals surface area contributed by atoms with Crippen LogP contribution in [0.15, 0.2) is 18.3 Å². The lowest BCUT2D eigenvalue weighted by Crippen LogP contribution is -2.28. The highest BCUT2D eigenvalue weighted by molar-refractivity contribution is 7.89. The van der Waals surface area contributed by atoms with Crippen molar-refractivity contribution >= 4 is 10.0 Å². The molecule has 0 fully saturated rings. The van der Waals surface area contributed by atoms with E-state index in [-0.39, 0.29) is 5.75 Å². The van der Waals surface area contributed by atoms with Crippen molar-refractivity contribution in [2.45, 2.75) is 33.2 Å². The van der Waals surface area contributed by atoms with E-state index >= 15 is 0 Å². The molecule has 19 heavy (non-hydrogen) atoms. The fourth-order valence-corrected chi connectivity index (χ4v) is 2.61. The fourth-order valence-electron chi connectivity index (χ4n) is 1.56. The topological polar surface area (TPSA) is 71.1 Å². The van der Waals surface area contributed by atoms with Gasteiger partial charge in [0.05, 0.1) is 5.75 Å². The summed E-state index contributed by atoms with van der Waals surface area (Å²) in [6.07, 6.45) is 3.38. The van der Waals surface area contributed by atoms with Crippen molar-refractivity contribution in [1.29, 1.82) is 0 Å². The van der Waals surface area contributed by atoms with E-state index in [2.05, 4.69) is 21.9 Å². The molecule has 0 saturated heterocycles. The maximum Gasteiger partial charge on any atom is 0.211 e. The molecular weight excluding hydrogens is 262 g/mol. The molecule has 0 aromatic carbocycles. The van der Waals surface area contributed by atoms with Gasteiger partial charge in [-0.15, -0.1) is 0 Å². The molecule has 0 radical (unpaired) electrons. The number of hydrogen-bond donors (Lipinski definition) is 2. The minimum Gasteiger partial charge on any atom is -0.317 e. The number of rotatable bonds is 9. The van der Waals surface area contributed by atoms with Crippen LogP contribution in [0.5, 0.6) is 0 Å². The van der Waals surface area contributed by atoms with E-state index in [1.165, 1.54) is 0 Å². The van der Waals surface area contributed by atoms with Crippen LogP contribution >= 0.6 is 0 Å². The molecule has 5 nitrogen and oxygen atoms in total. The van der Waals surface area contributed by atoms with Crippen LogP contribution in [0.4, 0.5) is 0 Å². The van der Waals surface area contributed by atoms with Gasteiger partial charge >= 0.3 is 0 Å². The van der Waals surface area contributed by atoms with Gasteiger partial charge in [-0.3, -0.25) is 4.98 Å². The molecule has 1 heterocycles. The lowest BCUT2D eigenvalue weighted by Gasteiger charge is -2.07. The van der Waals surface area contributed by atoms with Crippen LogP contribution in [0.25, 0.3) is 0 Å². The molecule has 0 aliphatic heterocycles. The van der Waals surface area contributed by atoms with Crippen LogP contribution in [0.1, 0.15) is 31.0 Å². The number of nitrogens with one attached hydrogen (secondary N) is 2. The summed E-state index contributed by atoms with van der Waals surface area (Å²) < 4.78 is 26.1. The van der Waals surface area contributed by atoms with Crippen molar-refractivity contribution < 1.29 is 8.42 Å². The van der Waals surface area contributed by atoms with E-state index in [0.29, 0.717) is 13.0 Å². The van der Waals surface area contributed by atoms with Crippen LogP contribution in [-0.2, 0) is 16.6 Å². The molecule has 0 atom stereocenters. The van der Waals surface area contributed by atoms with Gasteiger partial charge in [0.15, 0.2) is 0 Å². The lowest BCUT2D eigenvalue weighted by atomic mass is 10.2. The van der Waals surface area contributed by atoms with Gasteiger partial charge in [0.1, 0.15) is 0 Å². The van der Waals surface area contributed by atoms with Crippen LogP contribution in [-0.4, -0.2) is 32.2 Å². The summed E-state index contributed by atoms with van der Waals surface area (Å²) in [6.45, 7) is 5.96. The summed E-state index contributed by atoms with van der Waals surface area (Å²) in [5.74, 6) is 0.156. The Morgan fingerprint density at radius 1 is 1.26 bits per heavy atom. The van der Waals surface area contributed by atoms with E-state index in [9.17, 15) is 8.42 Å². The van der Waals surface area contributed by atoms with Gasteiger partial charge in [-0.25, -0.2) is 13.1 Å². The minimum absolute atomic E-state index is 0.156. The van der Waals surface area contributed by atoms with Gasteiger partial charge in [0.25, 0.3) is 0 Å². The van der Waals surface area contributed by atoms with Crippen molar-refractivity contribution in [3.05, 3.63) is 29.6 Å². The summed E-state index contributed by atoms with van der Waals surface area (Å²) in [5, 5.41) is 3.19. The van der Waals surface area contributed by atoms with Gasteiger partial charge in [-0.05, 0) is 44.5 Å². The normalized spacial score (nSPS) is 11.7. The second-order valence-corrected chi connectivity index (χ2v) is 6.48. The highest BCUT2D eigenvalue weighted by Gasteiger charge is 2.09. The molecular formula is C13H23N3O2S. The quantitative estimate of drug-likeness (QED) is 0.669. The van der Waals surface area contributed by atoms with Crippen LogP contribution in [0, 0.1) is 6.92 Å². The van der Waals surface area contributed by atoms with E-state index in [4.69, 9.17) is 0 Å². The third kappa shape index (κ3) is 7.25. The van der Waals surface area contributed by atoms with E-state index in [0.717, 1.165) is 30.8 Å². The van der Waals surface area contributed by atoms with E-state index in [1.54, 1.807) is 6.20 Å². The summed E-state index contributed by atoms with van der Waals surface area (Å²) >= 11 is 0. The molecule has 0 bridgehead atoms. The summed E-state index contributed by atoms with van der Waals surface area (Å²) in [6, 6.07) is 3.76. The molecule has 0 saturated carbocycles. The van der Waals surface area contributed by atoms with Crippen LogP contribution in [0.3, 0.4) is 0 Å². The smallest absolute Gasteiger partial charge is 0.211 e. The van der Waals surface area contributed by atoms with Gasteiger partial charge in [0.2, 0.25) is 10.0 Å². The number of hydrogen-bond acceptors (Lipinski definition) is 4. The predicted molar refractivity (Wildman–Crippen MR) is 77.4 cm³/mol. The molecule has 108 valence electrons. The minimum atomic E-state index is -3.19. The zero-order valence-corrected chi connectivity index (χ0v) is 12.5. The number of pyridine rings is 1. The number of aryl methyl sites for hydroxylation is 1. The maximum absolute atomic E-state index is 11.7. The summed E-state index contributed by atoms with van der Waals surface area (Å²) in [5.41, 5.74) is 1.80. The molecule has 2 N–H and O–H groups in total. The van der Waals surface area contributed by atoms with Gasteiger partial charge in [-0.2, -0.15) is 0 Å². The van der Waals surface area contributed by atoms with E-state index in [1.807, 2.05) is 19.1 Å². The zero-order valence-electron chi connectivity index (χ0n) is 11.6. The monoisotopic (exact) mass is 285 g/mol. The van der Waals surface area contributed by atoms with Gasteiger partial charge in [0, 0.05) is 18.4 Å². The second-order valence-electron chi connectivity index (χ2n) is 4.55. The molecule has 0 amide bonds. The van der Waals surface area contributed by atoms with Crippen LogP contribution < -0.4 is 10.0 Å². The Morgan fingerprint density at radius 3 is 2.68 bits per heavy atom. The molecule has 0 unspecified atom stereocenters. The molecule has 0 aliphatic carbocycles. The van der Waals surface area contributed by atoms with Crippen molar-refractivity contribution in [2.75, 3.05) is 18.8 Å². The third-order valence-corrected chi connectivity index (χ3v) is 4.07. The Balaban J connectivity index is 2.28. The standard InChI is InChI=1S/C13H23N3O2S/c1-3-7-14-8-4-9-19(17,18)16-11-13-6-5-12(2)15-10-13/h5-6,10,14,16H,3-4,7-9,11H2,1-2H3. The first-order valence-corrected chi connectivity index (χ1v) is 8.28. The highest BCUT2D eigenvalue weighted by atomic mass is 32.2. The van der Waals surface area contributed by atoms with Crippen molar-refractivity contribution in [2.24, 2.45) is 0 Å². The average molecular weight is 285 g/mol. The zero-order chi connectivity index (χ0) is 14.1. The molecule has 1 rings (SSSR count). The Labute approximate surface area is 115 Å². The Bertz CT molecular complexity index is 457. The first kappa shape index (κ1) is 16.1. The Morgan fingerprint density at radius 2 is 2.05 bits per heavy atom. The van der Waals surface area contributed by atoms with Crippen molar-refractivity contribution in [3.63, 3.8) is 0 Å². The molecule has 6 heteroatoms.